The predicted octanol–water partition coefficient (Wildman–Crippen LogP) is 0.925. The molecular formula is C18H27N5O3. The van der Waals surface area contributed by atoms with Gasteiger partial charge in [0.2, 0.25) is 0 Å². The van der Waals surface area contributed by atoms with E-state index in [2.05, 4.69) is 14.9 Å². The molecule has 3 amide bonds. The number of nitrogens with zero attached hydrogens (tertiary/aromatic N) is 4. The lowest BCUT2D eigenvalue weighted by Crippen LogP contribution is -2.56. The lowest BCUT2D eigenvalue weighted by atomic mass is 9.88. The molecule has 0 aromatic carbocycles. The van der Waals surface area contributed by atoms with Crippen LogP contribution in [0.5, 0.6) is 0 Å². The highest BCUT2D eigenvalue weighted by Crippen LogP contribution is 2.40. The predicted molar refractivity (Wildman–Crippen MR) is 94.5 cm³/mol. The fourth-order valence-electron chi connectivity index (χ4n) is 4.41. The first-order valence-corrected chi connectivity index (χ1v) is 9.58. The normalized spacial score (nSPS) is 25.0. The zero-order valence-electron chi connectivity index (χ0n) is 15.3. The third-order valence-corrected chi connectivity index (χ3v) is 5.87. The van der Waals surface area contributed by atoms with Crippen molar-refractivity contribution in [1.29, 1.82) is 0 Å². The molecule has 1 aromatic heterocycles. The van der Waals surface area contributed by atoms with Crippen LogP contribution in [0.1, 0.15) is 37.9 Å². The number of imidazole rings is 1. The Labute approximate surface area is 153 Å². The van der Waals surface area contributed by atoms with E-state index >= 15 is 0 Å². The summed E-state index contributed by atoms with van der Waals surface area (Å²) in [5, 5.41) is 2.67. The zero-order valence-corrected chi connectivity index (χ0v) is 15.3. The number of piperidine rings is 2. The van der Waals surface area contributed by atoms with Crippen LogP contribution in [0.15, 0.2) is 12.4 Å². The van der Waals surface area contributed by atoms with Crippen molar-refractivity contribution in [2.75, 3.05) is 33.2 Å². The molecule has 1 N–H and O–H groups in total. The first-order chi connectivity index (χ1) is 12.6. The van der Waals surface area contributed by atoms with Gasteiger partial charge < -0.3 is 24.4 Å². The molecule has 3 aliphatic rings. The topological polar surface area (TPSA) is 79.7 Å². The monoisotopic (exact) mass is 361 g/mol. The van der Waals surface area contributed by atoms with Gasteiger partial charge >= 0.3 is 6.03 Å². The lowest BCUT2D eigenvalue weighted by molar-refractivity contribution is -0.180. The summed E-state index contributed by atoms with van der Waals surface area (Å²) in [6.07, 6.45) is 7.88. The minimum Gasteiger partial charge on any atom is -0.352 e. The largest absolute Gasteiger partial charge is 0.352 e. The van der Waals surface area contributed by atoms with E-state index < -0.39 is 11.7 Å². The maximum absolute atomic E-state index is 13.0. The number of carbonyl (C=O) groups is 2. The van der Waals surface area contributed by atoms with E-state index in [1.54, 1.807) is 18.1 Å². The van der Waals surface area contributed by atoms with Crippen LogP contribution >= 0.6 is 0 Å². The molecular weight excluding hydrogens is 334 g/mol. The number of hydrogen-bond acceptors (Lipinski definition) is 4. The highest BCUT2D eigenvalue weighted by molar-refractivity contribution is 5.81. The first kappa shape index (κ1) is 17.3. The van der Waals surface area contributed by atoms with Crippen LogP contribution in [-0.2, 0) is 21.7 Å². The molecule has 1 unspecified atom stereocenters. The number of ether oxygens (including phenoxy) is 1. The maximum atomic E-state index is 13.0. The van der Waals surface area contributed by atoms with Gasteiger partial charge in [0.1, 0.15) is 11.4 Å². The van der Waals surface area contributed by atoms with Gasteiger partial charge in [0.25, 0.3) is 5.91 Å². The van der Waals surface area contributed by atoms with E-state index in [1.165, 1.54) is 6.42 Å². The number of aromatic nitrogens is 2. The molecule has 8 heteroatoms. The number of hydrogen-bond donors (Lipinski definition) is 1. The Kier molecular flexibility index (Phi) is 4.60. The molecule has 0 bridgehead atoms. The third kappa shape index (κ3) is 2.96. The Balaban J connectivity index is 1.54. The molecule has 0 saturated carbocycles. The van der Waals surface area contributed by atoms with Crippen LogP contribution in [0.25, 0.3) is 0 Å². The Morgan fingerprint density at radius 2 is 1.88 bits per heavy atom. The minimum atomic E-state index is -0.581. The van der Waals surface area contributed by atoms with Crippen molar-refractivity contribution in [2.45, 2.75) is 50.4 Å². The smallest absolute Gasteiger partial charge is 0.317 e. The van der Waals surface area contributed by atoms with Crippen LogP contribution in [0.2, 0.25) is 0 Å². The highest BCUT2D eigenvalue weighted by Gasteiger charge is 2.48. The van der Waals surface area contributed by atoms with Gasteiger partial charge in [-0.15, -0.1) is 0 Å². The van der Waals surface area contributed by atoms with Gasteiger partial charge in [0.15, 0.2) is 6.10 Å². The second-order valence-electron chi connectivity index (χ2n) is 7.43. The first-order valence-electron chi connectivity index (χ1n) is 9.58. The zero-order chi connectivity index (χ0) is 18.1. The van der Waals surface area contributed by atoms with Gasteiger partial charge in [0.05, 0.1) is 6.54 Å². The second kappa shape index (κ2) is 6.90. The quantitative estimate of drug-likeness (QED) is 0.807. The van der Waals surface area contributed by atoms with E-state index in [0.717, 1.165) is 31.8 Å². The molecule has 0 aliphatic carbocycles. The Hall–Kier alpha value is -2.09. The van der Waals surface area contributed by atoms with Crippen LogP contribution in [-0.4, -0.2) is 70.6 Å². The van der Waals surface area contributed by atoms with Crippen molar-refractivity contribution in [3.63, 3.8) is 0 Å². The second-order valence-corrected chi connectivity index (χ2v) is 7.43. The Bertz CT molecular complexity index is 674. The van der Waals surface area contributed by atoms with Crippen molar-refractivity contribution in [3.05, 3.63) is 18.2 Å². The highest BCUT2D eigenvalue weighted by atomic mass is 16.5. The summed E-state index contributed by atoms with van der Waals surface area (Å²) in [5.74, 6) is 0.980. The van der Waals surface area contributed by atoms with Crippen LogP contribution in [0.4, 0.5) is 4.79 Å². The molecule has 26 heavy (non-hydrogen) atoms. The summed E-state index contributed by atoms with van der Waals surface area (Å²) in [5.41, 5.74) is -0.581. The number of carbonyl (C=O) groups excluding carboxylic acids is 2. The Morgan fingerprint density at radius 3 is 2.58 bits per heavy atom. The molecule has 4 rings (SSSR count). The lowest BCUT2D eigenvalue weighted by Gasteiger charge is -2.46. The standard InChI is InChI=1S/C18H27N5O3/c1-19-17(25)22-10-5-18(6-11-22)16-20-7-12-23(16)13-14(26-18)15(24)21-8-3-2-4-9-21/h7,12,14H,2-6,8-11,13H2,1H3,(H,19,25). The van der Waals surface area contributed by atoms with Crippen molar-refractivity contribution in [1.82, 2.24) is 24.7 Å². The fraction of sp³-hybridized carbons (Fsp3) is 0.722. The molecule has 1 atom stereocenters. The summed E-state index contributed by atoms with van der Waals surface area (Å²) in [4.78, 5) is 33.2. The third-order valence-electron chi connectivity index (χ3n) is 5.87. The number of fused-ring (bicyclic) bond motifs is 2. The molecule has 2 fully saturated rings. The van der Waals surface area contributed by atoms with E-state index in [4.69, 9.17) is 4.74 Å². The number of rotatable bonds is 1. The van der Waals surface area contributed by atoms with E-state index in [1.807, 2.05) is 11.1 Å². The fourth-order valence-corrected chi connectivity index (χ4v) is 4.41. The molecule has 2 saturated heterocycles. The molecule has 1 spiro atoms. The van der Waals surface area contributed by atoms with Crippen molar-refractivity contribution >= 4 is 11.9 Å². The summed E-state index contributed by atoms with van der Waals surface area (Å²) >= 11 is 0. The SMILES string of the molecule is CNC(=O)N1CCC2(CC1)OC(C(=O)N1CCCCC1)Cn1ccnc12. The number of amides is 3. The van der Waals surface area contributed by atoms with Gasteiger partial charge in [-0.1, -0.05) is 0 Å². The average molecular weight is 361 g/mol. The summed E-state index contributed by atoms with van der Waals surface area (Å²) in [6, 6.07) is -0.0695. The Morgan fingerprint density at radius 1 is 1.15 bits per heavy atom. The van der Waals surface area contributed by atoms with E-state index in [0.29, 0.717) is 32.5 Å². The molecule has 142 valence electrons. The van der Waals surface area contributed by atoms with Gasteiger partial charge in [-0.2, -0.15) is 0 Å². The summed E-state index contributed by atoms with van der Waals surface area (Å²) in [7, 11) is 1.64. The van der Waals surface area contributed by atoms with Crippen molar-refractivity contribution in [3.8, 4) is 0 Å². The maximum Gasteiger partial charge on any atom is 0.317 e. The van der Waals surface area contributed by atoms with Gasteiger partial charge in [-0.05, 0) is 19.3 Å². The van der Waals surface area contributed by atoms with Crippen LogP contribution in [0, 0.1) is 0 Å². The average Bonchev–Trinajstić information content (AvgIpc) is 3.18. The van der Waals surface area contributed by atoms with Crippen LogP contribution in [0.3, 0.4) is 0 Å². The number of likely N-dealkylation sites (tertiary alicyclic amines) is 2. The molecule has 1 aromatic rings. The number of nitrogens with one attached hydrogen (secondary N) is 1. The van der Waals surface area contributed by atoms with Crippen molar-refractivity contribution < 1.29 is 14.3 Å². The molecule has 3 aliphatic heterocycles. The van der Waals surface area contributed by atoms with Crippen LogP contribution < -0.4 is 5.32 Å². The van der Waals surface area contributed by atoms with E-state index in [9.17, 15) is 9.59 Å². The summed E-state index contributed by atoms with van der Waals surface area (Å²) < 4.78 is 8.50. The molecule has 0 radical (unpaired) electrons. The van der Waals surface area contributed by atoms with Crippen molar-refractivity contribution in [2.24, 2.45) is 0 Å². The molecule has 8 nitrogen and oxygen atoms in total. The summed E-state index contributed by atoms with van der Waals surface area (Å²) in [6.45, 7) is 3.36. The number of urea groups is 1. The van der Waals surface area contributed by atoms with Gasteiger partial charge in [0, 0.05) is 58.5 Å². The molecule has 4 heterocycles. The minimum absolute atomic E-state index is 0.0695. The van der Waals surface area contributed by atoms with E-state index in [-0.39, 0.29) is 11.9 Å². The van der Waals surface area contributed by atoms with Gasteiger partial charge in [-0.3, -0.25) is 4.79 Å². The van der Waals surface area contributed by atoms with Gasteiger partial charge in [-0.25, -0.2) is 9.78 Å².